The fourth-order valence-electron chi connectivity index (χ4n) is 3.18. The monoisotopic (exact) mass is 346 g/mol. The van der Waals surface area contributed by atoms with Gasteiger partial charge in [0, 0.05) is 12.5 Å². The van der Waals surface area contributed by atoms with Crippen LogP contribution in [0, 0.1) is 0 Å². The van der Waals surface area contributed by atoms with Gasteiger partial charge in [-0.05, 0) is 52.7 Å². The molecule has 1 aromatic carbocycles. The first kappa shape index (κ1) is 14.5. The number of carbonyl (C=O) groups is 1. The van der Waals surface area contributed by atoms with Crippen LogP contribution in [0.2, 0.25) is 0 Å². The molecule has 110 valence electrons. The van der Waals surface area contributed by atoms with Crippen LogP contribution in [0.4, 0.5) is 0 Å². The Morgan fingerprint density at radius 1 is 1.43 bits per heavy atom. The largest absolute Gasteiger partial charge is 0.292 e. The first-order valence-electron chi connectivity index (χ1n) is 7.55. The van der Waals surface area contributed by atoms with Gasteiger partial charge in [-0.3, -0.25) is 9.48 Å². The average Bonchev–Trinajstić information content (AvgIpc) is 2.87. The molecule has 4 heteroatoms. The summed E-state index contributed by atoms with van der Waals surface area (Å²) >= 11 is 3.49. The second-order valence-electron chi connectivity index (χ2n) is 5.57. The molecule has 0 saturated carbocycles. The summed E-state index contributed by atoms with van der Waals surface area (Å²) in [4.78, 5) is 13.0. The van der Waals surface area contributed by atoms with Crippen LogP contribution in [0.25, 0.3) is 0 Å². The lowest BCUT2D eigenvalue weighted by Gasteiger charge is -2.24. The molecule has 0 saturated heterocycles. The third-order valence-electron chi connectivity index (χ3n) is 4.15. The van der Waals surface area contributed by atoms with E-state index in [1.807, 2.05) is 10.7 Å². The van der Waals surface area contributed by atoms with Crippen molar-refractivity contribution in [1.82, 2.24) is 9.78 Å². The lowest BCUT2D eigenvalue weighted by atomic mass is 9.80. The van der Waals surface area contributed by atoms with Crippen LogP contribution in [-0.2, 0) is 13.0 Å². The fraction of sp³-hybridized carbons (Fsp3) is 0.412. The Kier molecular flexibility index (Phi) is 4.24. The van der Waals surface area contributed by atoms with Crippen molar-refractivity contribution < 1.29 is 4.79 Å². The van der Waals surface area contributed by atoms with E-state index in [0.717, 1.165) is 42.4 Å². The maximum absolute atomic E-state index is 13.0. The number of hydrogen-bond donors (Lipinski definition) is 0. The third-order valence-corrected chi connectivity index (χ3v) is 4.73. The summed E-state index contributed by atoms with van der Waals surface area (Å²) in [6, 6.07) is 8.34. The van der Waals surface area contributed by atoms with Crippen molar-refractivity contribution in [1.29, 1.82) is 0 Å². The summed E-state index contributed by atoms with van der Waals surface area (Å²) in [5.41, 5.74) is 3.24. The first-order chi connectivity index (χ1) is 10.2. The van der Waals surface area contributed by atoms with Gasteiger partial charge < -0.3 is 0 Å². The fourth-order valence-corrected chi connectivity index (χ4v) is 3.67. The molecule has 0 amide bonds. The summed E-state index contributed by atoms with van der Waals surface area (Å²) in [5.74, 6) is 0.165. The zero-order chi connectivity index (χ0) is 14.8. The number of rotatable bonds is 4. The highest BCUT2D eigenvalue weighted by atomic mass is 79.9. The predicted octanol–water partition coefficient (Wildman–Crippen LogP) is 4.36. The zero-order valence-electron chi connectivity index (χ0n) is 12.2. The molecular formula is C17H19BrN2O. The standard InChI is InChI=1S/C17H19BrN2O/c1-2-10-20-16(15(18)11-19-20)17(21)14-9-5-7-12-6-3-4-8-13(12)14/h3-4,6,8,11,14H,2,5,7,9-10H2,1H3. The number of aryl methyl sites for hydroxylation is 2. The molecule has 2 aromatic rings. The van der Waals surface area contributed by atoms with Gasteiger partial charge in [-0.15, -0.1) is 0 Å². The molecule has 1 atom stereocenters. The van der Waals surface area contributed by atoms with Crippen LogP contribution in [0.3, 0.4) is 0 Å². The number of halogens is 1. The van der Waals surface area contributed by atoms with Gasteiger partial charge in [0.15, 0.2) is 5.78 Å². The Balaban J connectivity index is 1.99. The first-order valence-corrected chi connectivity index (χ1v) is 8.35. The minimum Gasteiger partial charge on any atom is -0.292 e. The van der Waals surface area contributed by atoms with E-state index in [1.165, 1.54) is 11.1 Å². The van der Waals surface area contributed by atoms with Gasteiger partial charge in [0.25, 0.3) is 0 Å². The van der Waals surface area contributed by atoms with Gasteiger partial charge in [-0.1, -0.05) is 31.2 Å². The highest BCUT2D eigenvalue weighted by Crippen LogP contribution is 2.35. The number of fused-ring (bicyclic) bond motifs is 1. The molecule has 0 bridgehead atoms. The van der Waals surface area contributed by atoms with E-state index in [1.54, 1.807) is 6.20 Å². The van der Waals surface area contributed by atoms with E-state index in [9.17, 15) is 4.79 Å². The number of hydrogen-bond acceptors (Lipinski definition) is 2. The molecule has 0 N–H and O–H groups in total. The van der Waals surface area contributed by atoms with Crippen molar-refractivity contribution >= 4 is 21.7 Å². The molecule has 1 aliphatic rings. The summed E-state index contributed by atoms with van der Waals surface area (Å²) in [6.07, 6.45) is 5.79. The van der Waals surface area contributed by atoms with Crippen molar-refractivity contribution in [3.63, 3.8) is 0 Å². The lowest BCUT2D eigenvalue weighted by molar-refractivity contribution is 0.0939. The van der Waals surface area contributed by atoms with Gasteiger partial charge >= 0.3 is 0 Å². The minimum absolute atomic E-state index is 0.0291. The SMILES string of the molecule is CCCn1ncc(Br)c1C(=O)C1CCCc2ccccc21. The van der Waals surface area contributed by atoms with Crippen molar-refractivity contribution in [2.45, 2.75) is 45.1 Å². The van der Waals surface area contributed by atoms with E-state index in [4.69, 9.17) is 0 Å². The van der Waals surface area contributed by atoms with Crippen LogP contribution in [0.15, 0.2) is 34.9 Å². The molecule has 21 heavy (non-hydrogen) atoms. The van der Waals surface area contributed by atoms with Crippen molar-refractivity contribution in [3.05, 3.63) is 51.8 Å². The van der Waals surface area contributed by atoms with Crippen LogP contribution < -0.4 is 0 Å². The molecule has 3 nitrogen and oxygen atoms in total. The van der Waals surface area contributed by atoms with Crippen LogP contribution in [0.1, 0.15) is 53.7 Å². The summed E-state index contributed by atoms with van der Waals surface area (Å²) in [7, 11) is 0. The Bertz CT molecular complexity index is 663. The maximum atomic E-state index is 13.0. The Morgan fingerprint density at radius 2 is 2.24 bits per heavy atom. The molecule has 0 aliphatic heterocycles. The predicted molar refractivity (Wildman–Crippen MR) is 86.7 cm³/mol. The molecule has 1 aliphatic carbocycles. The molecule has 1 heterocycles. The van der Waals surface area contributed by atoms with E-state index in [2.05, 4.69) is 46.2 Å². The van der Waals surface area contributed by atoms with Gasteiger partial charge in [0.05, 0.1) is 10.7 Å². The van der Waals surface area contributed by atoms with Gasteiger partial charge in [-0.25, -0.2) is 0 Å². The molecular weight excluding hydrogens is 328 g/mol. The van der Waals surface area contributed by atoms with E-state index in [-0.39, 0.29) is 11.7 Å². The molecule has 0 radical (unpaired) electrons. The topological polar surface area (TPSA) is 34.9 Å². The Hall–Kier alpha value is -1.42. The highest BCUT2D eigenvalue weighted by Gasteiger charge is 2.30. The zero-order valence-corrected chi connectivity index (χ0v) is 13.8. The van der Waals surface area contributed by atoms with Gasteiger partial charge in [0.1, 0.15) is 5.69 Å². The van der Waals surface area contributed by atoms with E-state index >= 15 is 0 Å². The van der Waals surface area contributed by atoms with Gasteiger partial charge in [-0.2, -0.15) is 5.10 Å². The van der Waals surface area contributed by atoms with Crippen molar-refractivity contribution in [2.24, 2.45) is 0 Å². The van der Waals surface area contributed by atoms with Crippen molar-refractivity contribution in [2.75, 3.05) is 0 Å². The summed E-state index contributed by atoms with van der Waals surface area (Å²) < 4.78 is 2.65. The van der Waals surface area contributed by atoms with Crippen LogP contribution in [0.5, 0.6) is 0 Å². The van der Waals surface area contributed by atoms with Crippen LogP contribution >= 0.6 is 15.9 Å². The highest BCUT2D eigenvalue weighted by molar-refractivity contribution is 9.10. The van der Waals surface area contributed by atoms with Crippen molar-refractivity contribution in [3.8, 4) is 0 Å². The smallest absolute Gasteiger partial charge is 0.189 e. The number of carbonyl (C=O) groups excluding carboxylic acids is 1. The normalized spacial score (nSPS) is 17.5. The summed E-state index contributed by atoms with van der Waals surface area (Å²) in [6.45, 7) is 2.88. The second-order valence-corrected chi connectivity index (χ2v) is 6.43. The Morgan fingerprint density at radius 3 is 3.05 bits per heavy atom. The van der Waals surface area contributed by atoms with E-state index in [0.29, 0.717) is 0 Å². The molecule has 1 aromatic heterocycles. The number of aromatic nitrogens is 2. The molecule has 3 rings (SSSR count). The molecule has 1 unspecified atom stereocenters. The quantitative estimate of drug-likeness (QED) is 0.771. The van der Waals surface area contributed by atoms with Gasteiger partial charge in [0.2, 0.25) is 0 Å². The average molecular weight is 347 g/mol. The van der Waals surface area contributed by atoms with Crippen LogP contribution in [-0.4, -0.2) is 15.6 Å². The lowest BCUT2D eigenvalue weighted by Crippen LogP contribution is -2.22. The molecule has 0 fully saturated rings. The summed E-state index contributed by atoms with van der Waals surface area (Å²) in [5, 5.41) is 4.33. The minimum atomic E-state index is -0.0291. The van der Waals surface area contributed by atoms with E-state index < -0.39 is 0 Å². The number of benzene rings is 1. The third kappa shape index (κ3) is 2.69. The number of nitrogens with zero attached hydrogens (tertiary/aromatic N) is 2. The maximum Gasteiger partial charge on any atom is 0.189 e. The number of ketones is 1. The Labute approximate surface area is 133 Å². The molecule has 0 spiro atoms. The number of Topliss-reactive ketones (excluding diaryl/α,β-unsaturated/α-hetero) is 1. The second kappa shape index (κ2) is 6.14.